The largest absolute Gasteiger partial charge is 0.336 e. The van der Waals surface area contributed by atoms with E-state index in [1.165, 1.54) is 11.3 Å². The van der Waals surface area contributed by atoms with Gasteiger partial charge in [-0.15, -0.1) is 0 Å². The van der Waals surface area contributed by atoms with Gasteiger partial charge in [0, 0.05) is 47.9 Å². The number of carbonyl (C=O) groups is 1. The molecule has 1 spiro atoms. The normalized spacial score (nSPS) is 29.5. The van der Waals surface area contributed by atoms with Gasteiger partial charge >= 0.3 is 0 Å². The highest BCUT2D eigenvalue weighted by Crippen LogP contribution is 2.56. The van der Waals surface area contributed by atoms with Crippen LogP contribution in [0.2, 0.25) is 5.02 Å². The Bertz CT molecular complexity index is 925. The first-order valence-corrected chi connectivity index (χ1v) is 10.7. The van der Waals surface area contributed by atoms with Crippen LogP contribution in [-0.4, -0.2) is 44.1 Å². The maximum atomic E-state index is 13.6. The fraction of sp³-hybridized carbons (Fsp3) is 0.545. The van der Waals surface area contributed by atoms with Gasteiger partial charge in [-0.3, -0.25) is 14.4 Å². The molecule has 1 aromatic heterocycles. The SMILES string of the molecule is CCn1ncc([C@@H]2C[C@H]3CN(Cc4cccc(Cl)c4)C(=O)[C@]34CCCN24)c1C. The Balaban J connectivity index is 1.43. The number of aryl methyl sites for hydroxylation is 1. The van der Waals surface area contributed by atoms with E-state index in [1.54, 1.807) is 0 Å². The van der Waals surface area contributed by atoms with Crippen molar-refractivity contribution in [2.24, 2.45) is 5.92 Å². The molecule has 148 valence electrons. The Morgan fingerprint density at radius 3 is 2.96 bits per heavy atom. The van der Waals surface area contributed by atoms with Crippen LogP contribution in [0.25, 0.3) is 0 Å². The highest BCUT2D eigenvalue weighted by Gasteiger charge is 2.65. The van der Waals surface area contributed by atoms with Crippen LogP contribution in [0.3, 0.4) is 0 Å². The molecule has 5 nitrogen and oxygen atoms in total. The summed E-state index contributed by atoms with van der Waals surface area (Å²) in [6.07, 6.45) is 5.17. The number of carbonyl (C=O) groups excluding carboxylic acids is 1. The molecule has 3 saturated heterocycles. The highest BCUT2D eigenvalue weighted by atomic mass is 35.5. The lowest BCUT2D eigenvalue weighted by atomic mass is 9.85. The van der Waals surface area contributed by atoms with Crippen molar-refractivity contribution >= 4 is 17.5 Å². The Hall–Kier alpha value is -1.85. The molecular weight excluding hydrogens is 372 g/mol. The number of benzene rings is 1. The van der Waals surface area contributed by atoms with Crippen molar-refractivity contribution in [1.29, 1.82) is 0 Å². The number of rotatable bonds is 4. The minimum absolute atomic E-state index is 0.302. The lowest BCUT2D eigenvalue weighted by Crippen LogP contribution is -2.49. The molecular formula is C22H27ClN4O. The number of hydrogen-bond donors (Lipinski definition) is 0. The number of nitrogens with zero attached hydrogens (tertiary/aromatic N) is 4. The van der Waals surface area contributed by atoms with Crippen LogP contribution in [0.4, 0.5) is 0 Å². The summed E-state index contributed by atoms with van der Waals surface area (Å²) in [5.41, 5.74) is 3.37. The number of halogens is 1. The first kappa shape index (κ1) is 18.2. The third kappa shape index (κ3) is 2.49. The van der Waals surface area contributed by atoms with Crippen LogP contribution in [0.1, 0.15) is 49.0 Å². The molecule has 3 fully saturated rings. The smallest absolute Gasteiger partial charge is 0.243 e. The summed E-state index contributed by atoms with van der Waals surface area (Å²) in [6.45, 7) is 7.69. The molecule has 0 radical (unpaired) electrons. The monoisotopic (exact) mass is 398 g/mol. The molecule has 4 heterocycles. The van der Waals surface area contributed by atoms with Crippen LogP contribution in [0, 0.1) is 12.8 Å². The summed E-state index contributed by atoms with van der Waals surface area (Å²) in [7, 11) is 0. The molecule has 6 heteroatoms. The number of likely N-dealkylation sites (tertiary alicyclic amines) is 1. The molecule has 1 aromatic carbocycles. The molecule has 1 amide bonds. The minimum atomic E-state index is -0.302. The molecule has 3 aliphatic rings. The second kappa shape index (κ2) is 6.60. The van der Waals surface area contributed by atoms with E-state index in [0.717, 1.165) is 49.5 Å². The van der Waals surface area contributed by atoms with Crippen molar-refractivity contribution in [1.82, 2.24) is 19.6 Å². The van der Waals surface area contributed by atoms with Crippen molar-refractivity contribution in [3.63, 3.8) is 0 Å². The first-order chi connectivity index (χ1) is 13.5. The first-order valence-electron chi connectivity index (χ1n) is 10.4. The van der Waals surface area contributed by atoms with Crippen LogP contribution in [0.5, 0.6) is 0 Å². The molecule has 3 atom stereocenters. The van der Waals surface area contributed by atoms with Gasteiger partial charge in [-0.25, -0.2) is 0 Å². The van der Waals surface area contributed by atoms with Gasteiger partial charge in [0.1, 0.15) is 5.54 Å². The van der Waals surface area contributed by atoms with E-state index in [4.69, 9.17) is 11.6 Å². The zero-order valence-electron chi connectivity index (χ0n) is 16.6. The van der Waals surface area contributed by atoms with Crippen molar-refractivity contribution < 1.29 is 4.79 Å². The van der Waals surface area contributed by atoms with Gasteiger partial charge in [0.25, 0.3) is 0 Å². The van der Waals surface area contributed by atoms with Gasteiger partial charge in [-0.2, -0.15) is 5.10 Å². The highest BCUT2D eigenvalue weighted by molar-refractivity contribution is 6.30. The van der Waals surface area contributed by atoms with Gasteiger partial charge in [0.2, 0.25) is 5.91 Å². The molecule has 0 saturated carbocycles. The molecule has 2 aromatic rings. The van der Waals surface area contributed by atoms with E-state index in [1.807, 2.05) is 24.4 Å². The Labute approximate surface area is 171 Å². The fourth-order valence-electron chi connectivity index (χ4n) is 5.97. The lowest BCUT2D eigenvalue weighted by molar-refractivity contribution is -0.137. The van der Waals surface area contributed by atoms with Crippen LogP contribution in [-0.2, 0) is 17.9 Å². The van der Waals surface area contributed by atoms with Gasteiger partial charge in [-0.1, -0.05) is 23.7 Å². The summed E-state index contributed by atoms with van der Waals surface area (Å²) in [6, 6.07) is 8.20. The van der Waals surface area contributed by atoms with Crippen molar-refractivity contribution in [2.45, 2.75) is 57.8 Å². The van der Waals surface area contributed by atoms with Crippen LogP contribution < -0.4 is 0 Å². The maximum absolute atomic E-state index is 13.6. The Morgan fingerprint density at radius 1 is 1.36 bits per heavy atom. The third-order valence-corrected chi connectivity index (χ3v) is 7.42. The quantitative estimate of drug-likeness (QED) is 0.786. The Morgan fingerprint density at radius 2 is 2.21 bits per heavy atom. The average Bonchev–Trinajstić information content (AvgIpc) is 3.39. The van der Waals surface area contributed by atoms with Crippen molar-refractivity contribution in [3.05, 3.63) is 52.3 Å². The van der Waals surface area contributed by atoms with Gasteiger partial charge in [0.05, 0.1) is 6.20 Å². The van der Waals surface area contributed by atoms with Crippen LogP contribution in [0.15, 0.2) is 30.5 Å². The second-order valence-electron chi connectivity index (χ2n) is 8.49. The number of aromatic nitrogens is 2. The van der Waals surface area contributed by atoms with Gasteiger partial charge < -0.3 is 4.90 Å². The lowest BCUT2D eigenvalue weighted by Gasteiger charge is -2.33. The van der Waals surface area contributed by atoms with E-state index >= 15 is 0 Å². The predicted octanol–water partition coefficient (Wildman–Crippen LogP) is 3.80. The van der Waals surface area contributed by atoms with Crippen molar-refractivity contribution in [3.8, 4) is 0 Å². The third-order valence-electron chi connectivity index (χ3n) is 7.19. The van der Waals surface area contributed by atoms with Gasteiger partial charge in [0.15, 0.2) is 0 Å². The van der Waals surface area contributed by atoms with E-state index < -0.39 is 0 Å². The van der Waals surface area contributed by atoms with E-state index in [2.05, 4.69) is 39.5 Å². The molecule has 0 N–H and O–H groups in total. The molecule has 28 heavy (non-hydrogen) atoms. The summed E-state index contributed by atoms with van der Waals surface area (Å²) < 4.78 is 2.07. The predicted molar refractivity (Wildman–Crippen MR) is 109 cm³/mol. The van der Waals surface area contributed by atoms with Crippen molar-refractivity contribution in [2.75, 3.05) is 13.1 Å². The molecule has 0 aliphatic carbocycles. The zero-order chi connectivity index (χ0) is 19.5. The summed E-state index contributed by atoms with van der Waals surface area (Å²) in [5, 5.41) is 5.29. The molecule has 3 aliphatic heterocycles. The second-order valence-corrected chi connectivity index (χ2v) is 8.92. The topological polar surface area (TPSA) is 41.4 Å². The standard InChI is InChI=1S/C22H27ClN4O/c1-3-27-15(2)19(12-24-27)20-11-17-14-25(13-16-6-4-7-18(23)10-16)21(28)22(17)8-5-9-26(20)22/h4,6-7,10,12,17,20H,3,5,8-9,11,13-14H2,1-2H3/t17-,20-,22-/m0/s1. The van der Waals surface area contributed by atoms with Crippen LogP contribution >= 0.6 is 11.6 Å². The summed E-state index contributed by atoms with van der Waals surface area (Å²) in [5.74, 6) is 0.717. The Kier molecular flexibility index (Phi) is 4.29. The van der Waals surface area contributed by atoms with Gasteiger partial charge in [-0.05, 0) is 57.4 Å². The molecule has 5 rings (SSSR count). The summed E-state index contributed by atoms with van der Waals surface area (Å²) >= 11 is 6.15. The zero-order valence-corrected chi connectivity index (χ0v) is 17.3. The molecule has 0 unspecified atom stereocenters. The summed E-state index contributed by atoms with van der Waals surface area (Å²) in [4.78, 5) is 18.2. The minimum Gasteiger partial charge on any atom is -0.336 e. The van der Waals surface area contributed by atoms with E-state index in [-0.39, 0.29) is 5.54 Å². The number of amides is 1. The average molecular weight is 399 g/mol. The maximum Gasteiger partial charge on any atom is 0.243 e. The van der Waals surface area contributed by atoms with E-state index in [9.17, 15) is 4.79 Å². The fourth-order valence-corrected chi connectivity index (χ4v) is 6.19. The van der Waals surface area contributed by atoms with E-state index in [0.29, 0.717) is 24.4 Å². The number of hydrogen-bond acceptors (Lipinski definition) is 3. The molecule has 0 bridgehead atoms.